The summed E-state index contributed by atoms with van der Waals surface area (Å²) in [5.41, 5.74) is 1.44. The number of aryl methyl sites for hydroxylation is 2. The van der Waals surface area contributed by atoms with Crippen LogP contribution in [0.3, 0.4) is 0 Å². The topological polar surface area (TPSA) is 66.9 Å². The molecule has 116 valence electrons. The number of fused-ring (bicyclic) bond motifs is 3. The van der Waals surface area contributed by atoms with Gasteiger partial charge in [-0.15, -0.1) is 11.3 Å². The second-order valence-corrected chi connectivity index (χ2v) is 7.19. The van der Waals surface area contributed by atoms with Crippen LogP contribution in [0.4, 0.5) is 5.82 Å². The van der Waals surface area contributed by atoms with Crippen LogP contribution in [0.5, 0.6) is 0 Å². The SMILES string of the molecule is O=C(NCCNc1ncnc2sc3c(c12)CCCC3)C1CC1. The van der Waals surface area contributed by atoms with Gasteiger partial charge in [-0.25, -0.2) is 9.97 Å². The van der Waals surface area contributed by atoms with Crippen molar-refractivity contribution in [3.63, 3.8) is 0 Å². The Morgan fingerprint density at radius 1 is 1.23 bits per heavy atom. The van der Waals surface area contributed by atoms with Crippen molar-refractivity contribution in [1.29, 1.82) is 0 Å². The Balaban J connectivity index is 1.46. The number of thiophene rings is 1. The lowest BCUT2D eigenvalue weighted by Gasteiger charge is -2.12. The smallest absolute Gasteiger partial charge is 0.223 e. The molecule has 1 amide bonds. The quantitative estimate of drug-likeness (QED) is 0.832. The Bertz CT molecular complexity index is 707. The van der Waals surface area contributed by atoms with E-state index in [1.54, 1.807) is 6.33 Å². The molecule has 0 spiro atoms. The number of amides is 1. The Kier molecular flexibility index (Phi) is 3.70. The van der Waals surface area contributed by atoms with E-state index in [0.29, 0.717) is 13.1 Å². The van der Waals surface area contributed by atoms with Gasteiger partial charge in [-0.05, 0) is 44.1 Å². The van der Waals surface area contributed by atoms with E-state index in [-0.39, 0.29) is 11.8 Å². The summed E-state index contributed by atoms with van der Waals surface area (Å²) in [5, 5.41) is 7.56. The van der Waals surface area contributed by atoms with Crippen molar-refractivity contribution in [2.75, 3.05) is 18.4 Å². The van der Waals surface area contributed by atoms with Crippen LogP contribution in [0.15, 0.2) is 6.33 Å². The standard InChI is InChI=1S/C16H20N4OS/c21-15(10-5-6-10)18-8-7-17-14-13-11-3-1-2-4-12(11)22-16(13)20-9-19-14/h9-10H,1-8H2,(H,18,21)(H,17,19,20). The summed E-state index contributed by atoms with van der Waals surface area (Å²) in [6, 6.07) is 0. The Morgan fingerprint density at radius 2 is 2.09 bits per heavy atom. The van der Waals surface area contributed by atoms with E-state index in [9.17, 15) is 4.79 Å². The largest absolute Gasteiger partial charge is 0.368 e. The van der Waals surface area contributed by atoms with Crippen molar-refractivity contribution in [3.05, 3.63) is 16.8 Å². The number of anilines is 1. The van der Waals surface area contributed by atoms with E-state index in [4.69, 9.17) is 0 Å². The number of nitrogens with one attached hydrogen (secondary N) is 2. The first-order valence-corrected chi connectivity index (χ1v) is 8.91. The highest BCUT2D eigenvalue weighted by Gasteiger charge is 2.29. The molecule has 2 aliphatic carbocycles. The van der Waals surface area contributed by atoms with Gasteiger partial charge in [-0.2, -0.15) is 0 Å². The first kappa shape index (κ1) is 13.9. The predicted octanol–water partition coefficient (Wildman–Crippen LogP) is 2.51. The minimum atomic E-state index is 0.197. The summed E-state index contributed by atoms with van der Waals surface area (Å²) < 4.78 is 0. The Hall–Kier alpha value is -1.69. The summed E-state index contributed by atoms with van der Waals surface area (Å²) >= 11 is 1.81. The maximum absolute atomic E-state index is 11.6. The molecule has 0 atom stereocenters. The molecule has 1 fully saturated rings. The molecule has 6 heteroatoms. The van der Waals surface area contributed by atoms with Crippen molar-refractivity contribution in [2.24, 2.45) is 5.92 Å². The number of hydrogen-bond donors (Lipinski definition) is 2. The molecule has 22 heavy (non-hydrogen) atoms. The van der Waals surface area contributed by atoms with Gasteiger partial charge in [-0.1, -0.05) is 0 Å². The average Bonchev–Trinajstić information content (AvgIpc) is 3.32. The minimum absolute atomic E-state index is 0.197. The lowest BCUT2D eigenvalue weighted by atomic mass is 9.97. The van der Waals surface area contributed by atoms with Gasteiger partial charge in [0.05, 0.1) is 5.39 Å². The Labute approximate surface area is 133 Å². The third-order valence-corrected chi connectivity index (χ3v) is 5.62. The molecular formula is C16H20N4OS. The van der Waals surface area contributed by atoms with Crippen LogP contribution in [-0.4, -0.2) is 29.0 Å². The maximum atomic E-state index is 11.6. The summed E-state index contributed by atoms with van der Waals surface area (Å²) in [7, 11) is 0. The zero-order valence-electron chi connectivity index (χ0n) is 12.5. The molecule has 0 aliphatic heterocycles. The highest BCUT2D eigenvalue weighted by atomic mass is 32.1. The molecule has 0 aromatic carbocycles. The van der Waals surface area contributed by atoms with E-state index in [0.717, 1.165) is 29.9 Å². The number of nitrogens with zero attached hydrogens (tertiary/aromatic N) is 2. The molecule has 1 saturated carbocycles. The second kappa shape index (κ2) is 5.83. The van der Waals surface area contributed by atoms with Crippen molar-refractivity contribution < 1.29 is 4.79 Å². The molecular weight excluding hydrogens is 296 g/mol. The molecule has 0 bridgehead atoms. The van der Waals surface area contributed by atoms with Gasteiger partial charge in [0.25, 0.3) is 0 Å². The molecule has 2 aliphatic rings. The Morgan fingerprint density at radius 3 is 2.95 bits per heavy atom. The first-order chi connectivity index (χ1) is 10.8. The van der Waals surface area contributed by atoms with Crippen LogP contribution < -0.4 is 10.6 Å². The van der Waals surface area contributed by atoms with Gasteiger partial charge >= 0.3 is 0 Å². The fourth-order valence-corrected chi connectivity index (χ4v) is 4.31. The molecule has 5 nitrogen and oxygen atoms in total. The fourth-order valence-electron chi connectivity index (χ4n) is 3.08. The van der Waals surface area contributed by atoms with Crippen molar-refractivity contribution in [1.82, 2.24) is 15.3 Å². The van der Waals surface area contributed by atoms with E-state index in [2.05, 4.69) is 20.6 Å². The van der Waals surface area contributed by atoms with Gasteiger partial charge in [0.1, 0.15) is 17.0 Å². The minimum Gasteiger partial charge on any atom is -0.368 e. The van der Waals surface area contributed by atoms with E-state index >= 15 is 0 Å². The third-order valence-electron chi connectivity index (χ3n) is 4.42. The van der Waals surface area contributed by atoms with Crippen molar-refractivity contribution in [3.8, 4) is 0 Å². The van der Waals surface area contributed by atoms with Crippen molar-refractivity contribution in [2.45, 2.75) is 38.5 Å². The summed E-state index contributed by atoms with van der Waals surface area (Å²) in [6.45, 7) is 1.35. The maximum Gasteiger partial charge on any atom is 0.223 e. The zero-order valence-corrected chi connectivity index (χ0v) is 13.3. The monoisotopic (exact) mass is 316 g/mol. The molecule has 4 rings (SSSR count). The molecule has 2 aromatic heterocycles. The lowest BCUT2D eigenvalue weighted by molar-refractivity contribution is -0.122. The van der Waals surface area contributed by atoms with E-state index in [1.807, 2.05) is 11.3 Å². The van der Waals surface area contributed by atoms with Gasteiger partial charge < -0.3 is 10.6 Å². The predicted molar refractivity (Wildman–Crippen MR) is 88.3 cm³/mol. The summed E-state index contributed by atoms with van der Waals surface area (Å²) in [4.78, 5) is 23.0. The van der Waals surface area contributed by atoms with E-state index < -0.39 is 0 Å². The molecule has 2 aromatic rings. The number of rotatable bonds is 5. The highest BCUT2D eigenvalue weighted by Crippen LogP contribution is 2.38. The molecule has 2 N–H and O–H groups in total. The summed E-state index contributed by atoms with van der Waals surface area (Å²) in [6.07, 6.45) is 8.58. The van der Waals surface area contributed by atoms with Gasteiger partial charge in [0, 0.05) is 23.9 Å². The fraction of sp³-hybridized carbons (Fsp3) is 0.562. The van der Waals surface area contributed by atoms with E-state index in [1.165, 1.54) is 35.1 Å². The van der Waals surface area contributed by atoms with Crippen LogP contribution in [0.1, 0.15) is 36.1 Å². The van der Waals surface area contributed by atoms with Crippen LogP contribution >= 0.6 is 11.3 Å². The van der Waals surface area contributed by atoms with Crippen LogP contribution in [-0.2, 0) is 17.6 Å². The van der Waals surface area contributed by atoms with Crippen molar-refractivity contribution >= 4 is 33.3 Å². The average molecular weight is 316 g/mol. The van der Waals surface area contributed by atoms with Crippen LogP contribution in [0.2, 0.25) is 0 Å². The normalized spacial score (nSPS) is 17.3. The lowest BCUT2D eigenvalue weighted by Crippen LogP contribution is -2.30. The zero-order chi connectivity index (χ0) is 14.9. The van der Waals surface area contributed by atoms with Gasteiger partial charge in [0.2, 0.25) is 5.91 Å². The third kappa shape index (κ3) is 2.67. The summed E-state index contributed by atoms with van der Waals surface area (Å²) in [5.74, 6) is 1.39. The molecule has 0 unspecified atom stereocenters. The van der Waals surface area contributed by atoms with Gasteiger partial charge in [0.15, 0.2) is 0 Å². The van der Waals surface area contributed by atoms with Crippen LogP contribution in [0, 0.1) is 5.92 Å². The van der Waals surface area contributed by atoms with Crippen LogP contribution in [0.25, 0.3) is 10.2 Å². The number of aromatic nitrogens is 2. The highest BCUT2D eigenvalue weighted by molar-refractivity contribution is 7.19. The second-order valence-electron chi connectivity index (χ2n) is 6.11. The molecule has 0 radical (unpaired) electrons. The first-order valence-electron chi connectivity index (χ1n) is 8.10. The molecule has 0 saturated heterocycles. The number of carbonyl (C=O) groups excluding carboxylic acids is 1. The molecule has 2 heterocycles. The number of carbonyl (C=O) groups is 1. The van der Waals surface area contributed by atoms with Gasteiger partial charge in [-0.3, -0.25) is 4.79 Å². The number of hydrogen-bond acceptors (Lipinski definition) is 5.